The molecule has 2 atom stereocenters. The molecular weight excluding hydrogens is 891 g/mol. The van der Waals surface area contributed by atoms with Gasteiger partial charge < -0.3 is 27.6 Å². The summed E-state index contributed by atoms with van der Waals surface area (Å²) in [6, 6.07) is 10.2. The molecule has 4 heterocycles. The Labute approximate surface area is 396 Å². The molecule has 0 aliphatic rings. The summed E-state index contributed by atoms with van der Waals surface area (Å²) < 4.78 is 30.2. The van der Waals surface area contributed by atoms with Crippen molar-refractivity contribution in [2.45, 2.75) is 67.5 Å². The maximum atomic E-state index is 13.6. The van der Waals surface area contributed by atoms with Crippen molar-refractivity contribution < 1.29 is 43.4 Å². The number of fused-ring (bicyclic) bond motifs is 2. The van der Waals surface area contributed by atoms with E-state index in [4.69, 9.17) is 62.7 Å². The van der Waals surface area contributed by atoms with E-state index in [2.05, 4.69) is 78.4 Å². The maximum absolute atomic E-state index is 13.6. The minimum atomic E-state index is -0.450. The monoisotopic (exact) mass is 934 g/mol. The van der Waals surface area contributed by atoms with Crippen LogP contribution < -0.4 is 57.2 Å². The fourth-order valence-electron chi connectivity index (χ4n) is 5.17. The molecule has 2 unspecified atom stereocenters. The van der Waals surface area contributed by atoms with E-state index < -0.39 is 11.6 Å². The number of nitrogens with zero attached hydrogens (tertiary/aromatic N) is 7. The Bertz CT molecular complexity index is 2500. The van der Waals surface area contributed by atoms with Crippen molar-refractivity contribution in [2.24, 2.45) is 16.6 Å². The van der Waals surface area contributed by atoms with Crippen LogP contribution in [-0.4, -0.2) is 54.2 Å². The predicted octanol–water partition coefficient (Wildman–Crippen LogP) is 7.10. The van der Waals surface area contributed by atoms with Crippen molar-refractivity contribution in [1.82, 2.24) is 35.3 Å². The molecule has 0 bridgehead atoms. The van der Waals surface area contributed by atoms with Crippen LogP contribution in [0.4, 0.5) is 20.4 Å². The molecule has 6 rings (SSSR count). The van der Waals surface area contributed by atoms with Gasteiger partial charge in [-0.2, -0.15) is 31.6 Å². The van der Waals surface area contributed by atoms with Gasteiger partial charge in [0.1, 0.15) is 51.0 Å². The number of nitrogen functional groups attached to an aromatic ring is 1. The van der Waals surface area contributed by atoms with Crippen LogP contribution >= 0.6 is 58.8 Å². The Morgan fingerprint density at radius 3 is 1.53 bits per heavy atom. The largest absolute Gasteiger partial charge is 1.00 e. The second kappa shape index (κ2) is 22.0. The summed E-state index contributed by atoms with van der Waals surface area (Å²) in [5, 5.41) is 41.5. The van der Waals surface area contributed by atoms with Crippen molar-refractivity contribution >= 4 is 87.6 Å². The van der Waals surface area contributed by atoms with Crippen LogP contribution in [0.25, 0.3) is 33.5 Å². The van der Waals surface area contributed by atoms with Gasteiger partial charge in [0, 0.05) is 23.2 Å². The van der Waals surface area contributed by atoms with Crippen LogP contribution in [-0.2, 0) is 0 Å². The predicted molar refractivity (Wildman–Crippen MR) is 236 cm³/mol. The van der Waals surface area contributed by atoms with Gasteiger partial charge in [0.2, 0.25) is 0 Å². The molecule has 0 aliphatic carbocycles. The van der Waals surface area contributed by atoms with Crippen LogP contribution in [0.15, 0.2) is 48.8 Å². The van der Waals surface area contributed by atoms with Gasteiger partial charge in [0.25, 0.3) is 0 Å². The zero-order chi connectivity index (χ0) is 42.7. The maximum Gasteiger partial charge on any atom is 1.00 e. The molecule has 21 heteroatoms. The fourth-order valence-corrected chi connectivity index (χ4v) is 6.24. The summed E-state index contributed by atoms with van der Waals surface area (Å²) >= 11 is 25.6. The molecule has 318 valence electrons. The topological polar surface area (TPSA) is 216 Å². The third kappa shape index (κ3) is 11.9. The SMILES string of the molecule is CC(Nc1c(-c2ccc(F)cc2Cl)c(Cl)nc2c(C#N)cnn12)C(C)(C)C.CC(Nc1c(-c2ccc(F)cc2Cl)c(Cl)nc2c(C(=N)N)cnn12)C(C)(C)C.C[O-].Cl.N.[Na+]. The molecule has 0 aliphatic heterocycles. The number of hydrogen-bond donors (Lipinski definition) is 5. The minimum absolute atomic E-state index is 0. The van der Waals surface area contributed by atoms with Gasteiger partial charge in [-0.05, 0) is 61.1 Å². The normalized spacial score (nSPS) is 11.9. The van der Waals surface area contributed by atoms with E-state index in [0.717, 1.165) is 7.11 Å². The van der Waals surface area contributed by atoms with Crippen molar-refractivity contribution in [3.05, 3.63) is 91.9 Å². The zero-order valence-electron chi connectivity index (χ0n) is 34.8. The van der Waals surface area contributed by atoms with Crippen LogP contribution in [0.1, 0.15) is 66.5 Å². The van der Waals surface area contributed by atoms with Gasteiger partial charge in [-0.15, -0.1) is 12.4 Å². The summed E-state index contributed by atoms with van der Waals surface area (Å²) in [4.78, 5) is 8.71. The first-order valence-electron chi connectivity index (χ1n) is 17.4. The number of nitriles is 1. The van der Waals surface area contributed by atoms with Crippen molar-refractivity contribution in [3.63, 3.8) is 0 Å². The van der Waals surface area contributed by atoms with E-state index in [9.17, 15) is 14.0 Å². The first-order valence-corrected chi connectivity index (χ1v) is 18.9. The number of amidine groups is 1. The van der Waals surface area contributed by atoms with E-state index in [1.165, 1.54) is 41.2 Å². The number of benzene rings is 2. The molecule has 60 heavy (non-hydrogen) atoms. The Kier molecular flexibility index (Phi) is 20.0. The average molecular weight is 937 g/mol. The van der Waals surface area contributed by atoms with E-state index >= 15 is 0 Å². The third-order valence-electron chi connectivity index (χ3n) is 9.32. The van der Waals surface area contributed by atoms with Gasteiger partial charge in [0.15, 0.2) is 11.3 Å². The molecule has 4 aromatic heterocycles. The zero-order valence-corrected chi connectivity index (χ0v) is 40.6. The average Bonchev–Trinajstić information content (AvgIpc) is 3.74. The summed E-state index contributed by atoms with van der Waals surface area (Å²) in [7, 11) is 0.750. The van der Waals surface area contributed by atoms with Crippen molar-refractivity contribution in [3.8, 4) is 28.3 Å². The summed E-state index contributed by atoms with van der Waals surface area (Å²) in [6.45, 7) is 16.6. The molecule has 0 amide bonds. The molecule has 0 spiro atoms. The second-order valence-corrected chi connectivity index (χ2v) is 16.6. The van der Waals surface area contributed by atoms with E-state index in [1.54, 1.807) is 16.6 Å². The molecule has 8 N–H and O–H groups in total. The Morgan fingerprint density at radius 2 is 1.17 bits per heavy atom. The number of hydrogen-bond acceptors (Lipinski definition) is 10. The first kappa shape index (κ1) is 54.5. The molecule has 6 aromatic rings. The number of aromatic nitrogens is 6. The fraction of sp³-hybridized carbons (Fsp3) is 0.333. The summed E-state index contributed by atoms with van der Waals surface area (Å²) in [5.74, 6) is 0.0218. The van der Waals surface area contributed by atoms with Gasteiger partial charge in [-0.3, -0.25) is 5.41 Å². The first-order chi connectivity index (χ1) is 26.6. The number of nitrogens with two attached hydrogens (primary N) is 1. The van der Waals surface area contributed by atoms with Crippen LogP contribution in [0, 0.1) is 39.2 Å². The van der Waals surface area contributed by atoms with E-state index in [0.29, 0.717) is 56.3 Å². The minimum Gasteiger partial charge on any atom is -0.857 e. The summed E-state index contributed by atoms with van der Waals surface area (Å²) in [5.41, 5.74) is 8.89. The third-order valence-corrected chi connectivity index (χ3v) is 10.5. The number of halogens is 7. The molecule has 13 nitrogen and oxygen atoms in total. The Balaban J connectivity index is 0.000000550. The van der Waals surface area contributed by atoms with E-state index in [-0.39, 0.29) is 97.2 Å². The number of anilines is 2. The Hall–Kier alpha value is -3.53. The van der Waals surface area contributed by atoms with E-state index in [1.807, 2.05) is 13.8 Å². The van der Waals surface area contributed by atoms with Crippen molar-refractivity contribution in [2.75, 3.05) is 17.7 Å². The quantitative estimate of drug-likeness (QED) is 0.0474. The molecule has 0 fully saturated rings. The second-order valence-electron chi connectivity index (χ2n) is 15.1. The van der Waals surface area contributed by atoms with Gasteiger partial charge in [-0.25, -0.2) is 18.7 Å². The number of nitrogens with one attached hydrogen (secondary N) is 3. The summed E-state index contributed by atoms with van der Waals surface area (Å²) in [6.07, 6.45) is 2.89. The van der Waals surface area contributed by atoms with Crippen molar-refractivity contribution in [1.29, 1.82) is 10.7 Å². The molecule has 0 saturated heterocycles. The van der Waals surface area contributed by atoms with Crippen LogP contribution in [0.5, 0.6) is 0 Å². The van der Waals surface area contributed by atoms with Crippen LogP contribution in [0.2, 0.25) is 20.4 Å². The molecule has 2 aromatic carbocycles. The smallest absolute Gasteiger partial charge is 0.857 e. The van der Waals surface area contributed by atoms with Gasteiger partial charge in [-0.1, -0.05) is 87.9 Å². The molecule has 0 saturated carbocycles. The number of rotatable bonds is 7. The Morgan fingerprint density at radius 1 is 0.783 bits per heavy atom. The standard InChI is InChI=1S/C19H21Cl2FN6.C19H18Cl2FN5.CH3O.ClH.H3N.Na/c1-9(19(2,3)4)26-18-14(11-6-5-10(22)7-13(11)20)15(21)27-17-12(16(23)24)8-25-28(17)18;1-10(19(2,3)4)25-18-15(13-6-5-12(22)7-14(13)20)16(21)26-17-11(8-23)9-24-27(17)18;1-2;;;/h5-9,26H,1-4H3,(H3,23,24);5-7,9-10,25H,1-4H3;1H3;1H;1H3;/q;;-1;;;+1. The molecule has 0 radical (unpaired) electrons. The van der Waals surface area contributed by atoms with Gasteiger partial charge >= 0.3 is 29.6 Å². The molecular formula is C39H46Cl5F2N12NaO. The van der Waals surface area contributed by atoms with Gasteiger partial charge in [0.05, 0.1) is 39.1 Å². The van der Waals surface area contributed by atoms with Crippen LogP contribution in [0.3, 0.4) is 0 Å².